The predicted molar refractivity (Wildman–Crippen MR) is 75.1 cm³/mol. The van der Waals surface area contributed by atoms with Crippen LogP contribution in [0.5, 0.6) is 0 Å². The summed E-state index contributed by atoms with van der Waals surface area (Å²) in [5.41, 5.74) is 8.11. The van der Waals surface area contributed by atoms with Gasteiger partial charge in [-0.05, 0) is 55.7 Å². The molecule has 2 fully saturated rings. The number of hydrogen-bond donors (Lipinski definition) is 2. The first-order chi connectivity index (χ1) is 9.19. The summed E-state index contributed by atoms with van der Waals surface area (Å²) in [5, 5.41) is 3.56. The van der Waals surface area contributed by atoms with Crippen molar-refractivity contribution in [2.45, 2.75) is 31.7 Å². The molecule has 0 aliphatic heterocycles. The molecule has 0 spiro atoms. The molecule has 3 N–H and O–H groups in total. The van der Waals surface area contributed by atoms with Crippen molar-refractivity contribution < 1.29 is 9.53 Å². The molecule has 0 unspecified atom stereocenters. The topological polar surface area (TPSA) is 64.3 Å². The van der Waals surface area contributed by atoms with Crippen molar-refractivity contribution in [1.29, 1.82) is 0 Å². The first-order valence-electron chi connectivity index (χ1n) is 6.93. The summed E-state index contributed by atoms with van der Waals surface area (Å²) in [6.07, 6.45) is 5.24. The van der Waals surface area contributed by atoms with Crippen LogP contribution in [0.15, 0.2) is 18.2 Å². The zero-order valence-corrected chi connectivity index (χ0v) is 11.2. The minimum atomic E-state index is -0.322. The number of ether oxygens (including phenoxy) is 1. The largest absolute Gasteiger partial charge is 0.465 e. The zero-order valence-electron chi connectivity index (χ0n) is 11.2. The maximum Gasteiger partial charge on any atom is 0.337 e. The lowest BCUT2D eigenvalue weighted by atomic mass is 10.1. The molecule has 2 aliphatic carbocycles. The average molecular weight is 260 g/mol. The Labute approximate surface area is 113 Å². The van der Waals surface area contributed by atoms with Gasteiger partial charge in [-0.15, -0.1) is 0 Å². The Balaban J connectivity index is 1.80. The number of nitrogens with one attached hydrogen (secondary N) is 1. The van der Waals surface area contributed by atoms with Gasteiger partial charge in [-0.3, -0.25) is 0 Å². The van der Waals surface area contributed by atoms with E-state index in [0.717, 1.165) is 17.5 Å². The third kappa shape index (κ3) is 2.67. The van der Waals surface area contributed by atoms with E-state index in [0.29, 0.717) is 17.3 Å². The van der Waals surface area contributed by atoms with E-state index in [1.807, 2.05) is 0 Å². The van der Waals surface area contributed by atoms with Crippen molar-refractivity contribution >= 4 is 17.3 Å². The van der Waals surface area contributed by atoms with Crippen LogP contribution in [-0.2, 0) is 4.74 Å². The smallest absolute Gasteiger partial charge is 0.337 e. The number of carbonyl (C=O) groups excluding carboxylic acids is 1. The number of benzene rings is 1. The van der Waals surface area contributed by atoms with Crippen molar-refractivity contribution in [1.82, 2.24) is 0 Å². The lowest BCUT2D eigenvalue weighted by molar-refractivity contribution is 0.0601. The van der Waals surface area contributed by atoms with Gasteiger partial charge in [0.05, 0.1) is 24.0 Å². The van der Waals surface area contributed by atoms with Gasteiger partial charge < -0.3 is 15.8 Å². The van der Waals surface area contributed by atoms with Gasteiger partial charge >= 0.3 is 5.97 Å². The Kier molecular flexibility index (Phi) is 3.09. The zero-order chi connectivity index (χ0) is 13.4. The standard InChI is InChI=1S/C15H20N2O2/c1-19-15(18)11-6-7-12(16)13(8-11)17-14(9-2-3-9)10-4-5-10/h6-10,14,17H,2-5,16H2,1H3. The molecule has 0 radical (unpaired) electrons. The van der Waals surface area contributed by atoms with Crippen LogP contribution in [0.4, 0.5) is 11.4 Å². The lowest BCUT2D eigenvalue weighted by Gasteiger charge is -2.20. The molecular formula is C15H20N2O2. The van der Waals surface area contributed by atoms with Gasteiger partial charge in [0.15, 0.2) is 0 Å². The van der Waals surface area contributed by atoms with E-state index in [1.54, 1.807) is 18.2 Å². The van der Waals surface area contributed by atoms with E-state index in [9.17, 15) is 4.79 Å². The fourth-order valence-corrected chi connectivity index (χ4v) is 2.64. The molecule has 4 nitrogen and oxygen atoms in total. The van der Waals surface area contributed by atoms with Crippen molar-refractivity contribution in [2.75, 3.05) is 18.2 Å². The molecule has 19 heavy (non-hydrogen) atoms. The van der Waals surface area contributed by atoms with Gasteiger partial charge in [0.1, 0.15) is 0 Å². The van der Waals surface area contributed by atoms with Crippen molar-refractivity contribution in [3.05, 3.63) is 23.8 Å². The van der Waals surface area contributed by atoms with Crippen LogP contribution in [0.3, 0.4) is 0 Å². The third-order valence-electron chi connectivity index (χ3n) is 4.06. The van der Waals surface area contributed by atoms with Crippen LogP contribution in [-0.4, -0.2) is 19.1 Å². The van der Waals surface area contributed by atoms with Crippen LogP contribution < -0.4 is 11.1 Å². The van der Waals surface area contributed by atoms with E-state index < -0.39 is 0 Å². The normalized spacial score (nSPS) is 18.4. The van der Waals surface area contributed by atoms with E-state index in [4.69, 9.17) is 10.5 Å². The van der Waals surface area contributed by atoms with Crippen molar-refractivity contribution in [3.63, 3.8) is 0 Å². The Hall–Kier alpha value is -1.71. The SMILES string of the molecule is COC(=O)c1ccc(N)c(NC(C2CC2)C2CC2)c1. The highest BCUT2D eigenvalue weighted by atomic mass is 16.5. The number of hydrogen-bond acceptors (Lipinski definition) is 4. The Morgan fingerprint density at radius 2 is 1.95 bits per heavy atom. The van der Waals surface area contributed by atoms with Crippen LogP contribution >= 0.6 is 0 Å². The quantitative estimate of drug-likeness (QED) is 0.631. The van der Waals surface area contributed by atoms with E-state index in [1.165, 1.54) is 32.8 Å². The number of nitrogen functional groups attached to an aromatic ring is 1. The second kappa shape index (κ2) is 4.76. The van der Waals surface area contributed by atoms with Gasteiger partial charge in [0.2, 0.25) is 0 Å². The summed E-state index contributed by atoms with van der Waals surface area (Å²) in [7, 11) is 1.39. The number of nitrogens with two attached hydrogens (primary N) is 1. The Morgan fingerprint density at radius 1 is 1.32 bits per heavy atom. The highest BCUT2D eigenvalue weighted by Gasteiger charge is 2.41. The maximum absolute atomic E-state index is 11.6. The molecule has 102 valence electrons. The molecule has 2 aliphatic rings. The molecular weight excluding hydrogens is 240 g/mol. The average Bonchev–Trinajstić information content (AvgIpc) is 3.29. The summed E-state index contributed by atoms with van der Waals surface area (Å²) < 4.78 is 4.75. The molecule has 0 aromatic heterocycles. The highest BCUT2D eigenvalue weighted by Crippen LogP contribution is 2.46. The van der Waals surface area contributed by atoms with Crippen molar-refractivity contribution in [2.24, 2.45) is 11.8 Å². The molecule has 2 saturated carbocycles. The highest BCUT2D eigenvalue weighted by molar-refractivity contribution is 5.92. The summed E-state index contributed by atoms with van der Waals surface area (Å²) in [6, 6.07) is 5.80. The number of methoxy groups -OCH3 is 1. The Bertz CT molecular complexity index is 481. The summed E-state index contributed by atoms with van der Waals surface area (Å²) in [6.45, 7) is 0. The van der Waals surface area contributed by atoms with Crippen LogP contribution in [0, 0.1) is 11.8 Å². The number of carbonyl (C=O) groups is 1. The van der Waals surface area contributed by atoms with Crippen molar-refractivity contribution in [3.8, 4) is 0 Å². The van der Waals surface area contributed by atoms with Crippen LogP contribution in [0.25, 0.3) is 0 Å². The number of anilines is 2. The fourth-order valence-electron chi connectivity index (χ4n) is 2.64. The molecule has 3 rings (SSSR count). The molecule has 0 bridgehead atoms. The Morgan fingerprint density at radius 3 is 2.47 bits per heavy atom. The van der Waals surface area contributed by atoms with Crippen LogP contribution in [0.1, 0.15) is 36.0 Å². The monoisotopic (exact) mass is 260 g/mol. The minimum Gasteiger partial charge on any atom is -0.465 e. The van der Waals surface area contributed by atoms with Crippen LogP contribution in [0.2, 0.25) is 0 Å². The molecule has 4 heteroatoms. The minimum absolute atomic E-state index is 0.322. The van der Waals surface area contributed by atoms with Gasteiger partial charge in [-0.25, -0.2) is 4.79 Å². The molecule has 1 aromatic rings. The van der Waals surface area contributed by atoms with E-state index in [-0.39, 0.29) is 5.97 Å². The molecule has 0 saturated heterocycles. The lowest BCUT2D eigenvalue weighted by Crippen LogP contribution is -2.25. The number of rotatable bonds is 5. The summed E-state index contributed by atoms with van der Waals surface area (Å²) in [4.78, 5) is 11.6. The molecule has 0 atom stereocenters. The molecule has 0 amide bonds. The summed E-state index contributed by atoms with van der Waals surface area (Å²) in [5.74, 6) is 1.25. The number of esters is 1. The third-order valence-corrected chi connectivity index (χ3v) is 4.06. The van der Waals surface area contributed by atoms with Gasteiger partial charge in [0.25, 0.3) is 0 Å². The van der Waals surface area contributed by atoms with Gasteiger partial charge in [0, 0.05) is 6.04 Å². The maximum atomic E-state index is 11.6. The molecule has 1 aromatic carbocycles. The molecule has 0 heterocycles. The van der Waals surface area contributed by atoms with Gasteiger partial charge in [-0.2, -0.15) is 0 Å². The second-order valence-corrected chi connectivity index (χ2v) is 5.64. The fraction of sp³-hybridized carbons (Fsp3) is 0.533. The second-order valence-electron chi connectivity index (χ2n) is 5.64. The first kappa shape index (κ1) is 12.3. The summed E-state index contributed by atoms with van der Waals surface area (Å²) >= 11 is 0. The van der Waals surface area contributed by atoms with E-state index >= 15 is 0 Å². The predicted octanol–water partition coefficient (Wildman–Crippen LogP) is 2.66. The van der Waals surface area contributed by atoms with E-state index in [2.05, 4.69) is 5.32 Å². The first-order valence-corrected chi connectivity index (χ1v) is 6.93. The van der Waals surface area contributed by atoms with Gasteiger partial charge in [-0.1, -0.05) is 0 Å².